The van der Waals surface area contributed by atoms with Crippen molar-refractivity contribution in [2.45, 2.75) is 25.7 Å². The highest BCUT2D eigenvalue weighted by Crippen LogP contribution is 2.39. The number of aromatic nitrogens is 2. The Bertz CT molecular complexity index is 895. The summed E-state index contributed by atoms with van der Waals surface area (Å²) in [5.41, 5.74) is 4.01. The highest BCUT2D eigenvalue weighted by Gasteiger charge is 2.25. The minimum atomic E-state index is -0.143. The van der Waals surface area contributed by atoms with Gasteiger partial charge in [0, 0.05) is 23.2 Å². The van der Waals surface area contributed by atoms with Crippen LogP contribution in [-0.2, 0) is 0 Å². The number of carbonyl (C=O) groups is 1. The number of fused-ring (bicyclic) bond motifs is 1. The molecule has 1 aliphatic carbocycles. The highest BCUT2D eigenvalue weighted by molar-refractivity contribution is 6.08. The van der Waals surface area contributed by atoms with E-state index in [9.17, 15) is 4.79 Å². The van der Waals surface area contributed by atoms with Crippen LogP contribution in [0.25, 0.3) is 10.9 Å². The average Bonchev–Trinajstić information content (AvgIpc) is 3.40. The van der Waals surface area contributed by atoms with Crippen LogP contribution in [0.3, 0.4) is 0 Å². The zero-order chi connectivity index (χ0) is 15.8. The van der Waals surface area contributed by atoms with Gasteiger partial charge in [-0.1, -0.05) is 18.2 Å². The minimum Gasteiger partial charge on any atom is -0.320 e. The van der Waals surface area contributed by atoms with Gasteiger partial charge in [-0.25, -0.2) is 0 Å². The Labute approximate surface area is 134 Å². The number of para-hydroxylation sites is 1. The van der Waals surface area contributed by atoms with Gasteiger partial charge in [-0.2, -0.15) is 0 Å². The largest absolute Gasteiger partial charge is 0.320 e. The first-order valence-electron chi connectivity index (χ1n) is 7.85. The summed E-state index contributed by atoms with van der Waals surface area (Å²) >= 11 is 0. The van der Waals surface area contributed by atoms with E-state index in [1.165, 1.54) is 12.8 Å². The van der Waals surface area contributed by atoms with E-state index in [1.54, 1.807) is 6.20 Å². The van der Waals surface area contributed by atoms with Gasteiger partial charge in [-0.3, -0.25) is 14.8 Å². The molecule has 114 valence electrons. The maximum atomic E-state index is 12.6. The Morgan fingerprint density at radius 2 is 1.96 bits per heavy atom. The molecule has 0 atom stereocenters. The normalized spacial score (nSPS) is 14.0. The molecule has 1 aromatic carbocycles. The number of anilines is 1. The van der Waals surface area contributed by atoms with Crippen molar-refractivity contribution in [3.63, 3.8) is 0 Å². The van der Waals surface area contributed by atoms with Crippen LogP contribution >= 0.6 is 0 Å². The van der Waals surface area contributed by atoms with Crippen LogP contribution in [0.5, 0.6) is 0 Å². The molecular weight excluding hydrogens is 286 g/mol. The summed E-state index contributed by atoms with van der Waals surface area (Å²) in [7, 11) is 0. The first-order valence-corrected chi connectivity index (χ1v) is 7.85. The van der Waals surface area contributed by atoms with E-state index in [1.807, 2.05) is 49.4 Å². The monoisotopic (exact) mass is 303 g/mol. The first-order chi connectivity index (χ1) is 11.2. The fraction of sp³-hybridized carbons (Fsp3) is 0.211. The number of nitrogens with one attached hydrogen (secondary N) is 1. The molecule has 4 heteroatoms. The molecule has 4 nitrogen and oxygen atoms in total. The molecule has 23 heavy (non-hydrogen) atoms. The molecule has 2 aromatic heterocycles. The Hall–Kier alpha value is -2.75. The molecule has 1 amide bonds. The van der Waals surface area contributed by atoms with E-state index in [2.05, 4.69) is 15.3 Å². The summed E-state index contributed by atoms with van der Waals surface area (Å²) in [6, 6.07) is 13.5. The molecule has 0 unspecified atom stereocenters. The van der Waals surface area contributed by atoms with Gasteiger partial charge in [-0.05, 0) is 44.0 Å². The quantitative estimate of drug-likeness (QED) is 0.793. The molecule has 0 radical (unpaired) electrons. The molecule has 2 heterocycles. The van der Waals surface area contributed by atoms with Gasteiger partial charge in [0.1, 0.15) is 0 Å². The number of carbonyl (C=O) groups excluding carboxylic acids is 1. The number of amides is 1. The molecule has 0 aliphatic heterocycles. The zero-order valence-electron chi connectivity index (χ0n) is 12.9. The lowest BCUT2D eigenvalue weighted by molar-refractivity contribution is 0.102. The van der Waals surface area contributed by atoms with Gasteiger partial charge in [0.25, 0.3) is 5.91 Å². The van der Waals surface area contributed by atoms with E-state index in [0.717, 1.165) is 28.0 Å². The second kappa shape index (κ2) is 5.47. The summed E-state index contributed by atoms with van der Waals surface area (Å²) in [5.74, 6) is 0.448. The van der Waals surface area contributed by atoms with E-state index in [0.29, 0.717) is 11.5 Å². The van der Waals surface area contributed by atoms with Gasteiger partial charge < -0.3 is 5.32 Å². The molecule has 4 rings (SSSR count). The molecule has 3 aromatic rings. The van der Waals surface area contributed by atoms with Crippen molar-refractivity contribution in [1.29, 1.82) is 0 Å². The minimum absolute atomic E-state index is 0.143. The van der Waals surface area contributed by atoms with E-state index in [4.69, 9.17) is 0 Å². The van der Waals surface area contributed by atoms with Crippen molar-refractivity contribution in [3.8, 4) is 0 Å². The summed E-state index contributed by atoms with van der Waals surface area (Å²) in [6.07, 6.45) is 4.15. The van der Waals surface area contributed by atoms with Gasteiger partial charge in [0.2, 0.25) is 0 Å². The molecular formula is C19H17N3O. The van der Waals surface area contributed by atoms with Crippen molar-refractivity contribution in [1.82, 2.24) is 9.97 Å². The van der Waals surface area contributed by atoms with Crippen LogP contribution < -0.4 is 5.32 Å². The SMILES string of the molecule is Cc1nc(C2CC2)ccc1C(=O)Nc1cccc2cccnc12. The number of pyridine rings is 2. The lowest BCUT2D eigenvalue weighted by Gasteiger charge is -2.10. The number of nitrogens with zero attached hydrogens (tertiary/aromatic N) is 2. The topological polar surface area (TPSA) is 54.9 Å². The fourth-order valence-corrected chi connectivity index (χ4v) is 2.82. The van der Waals surface area contributed by atoms with Gasteiger partial charge in [-0.15, -0.1) is 0 Å². The van der Waals surface area contributed by atoms with Gasteiger partial charge in [0.15, 0.2) is 0 Å². The summed E-state index contributed by atoms with van der Waals surface area (Å²) in [6.45, 7) is 1.89. The van der Waals surface area contributed by atoms with Crippen molar-refractivity contribution >= 4 is 22.5 Å². The second-order valence-corrected chi connectivity index (χ2v) is 5.98. The Kier molecular flexibility index (Phi) is 3.30. The lowest BCUT2D eigenvalue weighted by Crippen LogP contribution is -2.15. The zero-order valence-corrected chi connectivity index (χ0v) is 12.9. The van der Waals surface area contributed by atoms with Crippen molar-refractivity contribution in [2.75, 3.05) is 5.32 Å². The summed E-state index contributed by atoms with van der Waals surface area (Å²) in [5, 5.41) is 3.97. The van der Waals surface area contributed by atoms with Gasteiger partial charge in [0.05, 0.1) is 22.5 Å². The highest BCUT2D eigenvalue weighted by atomic mass is 16.1. The van der Waals surface area contributed by atoms with Crippen LogP contribution in [-0.4, -0.2) is 15.9 Å². The molecule has 0 saturated heterocycles. The first kappa shape index (κ1) is 13.9. The number of benzene rings is 1. The smallest absolute Gasteiger partial charge is 0.257 e. The molecule has 1 saturated carbocycles. The average molecular weight is 303 g/mol. The van der Waals surface area contributed by atoms with E-state index >= 15 is 0 Å². The Morgan fingerprint density at radius 1 is 1.13 bits per heavy atom. The third-order valence-electron chi connectivity index (χ3n) is 4.23. The molecule has 0 bridgehead atoms. The second-order valence-electron chi connectivity index (χ2n) is 5.98. The number of aryl methyl sites for hydroxylation is 1. The Balaban J connectivity index is 1.64. The van der Waals surface area contributed by atoms with Crippen molar-refractivity contribution in [2.24, 2.45) is 0 Å². The molecule has 1 fully saturated rings. The third-order valence-corrected chi connectivity index (χ3v) is 4.23. The number of hydrogen-bond acceptors (Lipinski definition) is 3. The number of hydrogen-bond donors (Lipinski definition) is 1. The Morgan fingerprint density at radius 3 is 2.74 bits per heavy atom. The predicted octanol–water partition coefficient (Wildman–Crippen LogP) is 4.07. The lowest BCUT2D eigenvalue weighted by atomic mass is 10.1. The van der Waals surface area contributed by atoms with Crippen LogP contribution in [0, 0.1) is 6.92 Å². The summed E-state index contributed by atoms with van der Waals surface area (Å²) < 4.78 is 0. The molecule has 1 N–H and O–H groups in total. The third kappa shape index (κ3) is 2.68. The maximum absolute atomic E-state index is 12.6. The fourth-order valence-electron chi connectivity index (χ4n) is 2.82. The maximum Gasteiger partial charge on any atom is 0.257 e. The predicted molar refractivity (Wildman–Crippen MR) is 90.6 cm³/mol. The van der Waals surface area contributed by atoms with Crippen LogP contribution in [0.2, 0.25) is 0 Å². The standard InChI is InChI=1S/C19H17N3O/c1-12-15(9-10-16(21-12)13-7-8-13)19(23)22-17-6-2-4-14-5-3-11-20-18(14)17/h2-6,9-11,13H,7-8H2,1H3,(H,22,23). The van der Waals surface area contributed by atoms with Crippen molar-refractivity contribution in [3.05, 3.63) is 65.6 Å². The van der Waals surface area contributed by atoms with Crippen LogP contribution in [0.1, 0.15) is 40.5 Å². The van der Waals surface area contributed by atoms with E-state index in [-0.39, 0.29) is 5.91 Å². The number of rotatable bonds is 3. The van der Waals surface area contributed by atoms with Crippen LogP contribution in [0.15, 0.2) is 48.7 Å². The summed E-state index contributed by atoms with van der Waals surface area (Å²) in [4.78, 5) is 21.5. The molecule has 0 spiro atoms. The van der Waals surface area contributed by atoms with Crippen LogP contribution in [0.4, 0.5) is 5.69 Å². The molecule has 1 aliphatic rings. The van der Waals surface area contributed by atoms with Gasteiger partial charge >= 0.3 is 0 Å². The van der Waals surface area contributed by atoms with Crippen molar-refractivity contribution < 1.29 is 4.79 Å². The van der Waals surface area contributed by atoms with E-state index < -0.39 is 0 Å².